The van der Waals surface area contributed by atoms with Gasteiger partial charge in [-0.05, 0) is 53.4 Å². The van der Waals surface area contributed by atoms with Crippen LogP contribution in [0.15, 0.2) is 0 Å². The predicted octanol–water partition coefficient (Wildman–Crippen LogP) is 2.20. The van der Waals surface area contributed by atoms with Crippen LogP contribution < -0.4 is 11.5 Å². The summed E-state index contributed by atoms with van der Waals surface area (Å²) in [6.45, 7) is 8.38. The van der Waals surface area contributed by atoms with Crippen LogP contribution in [0.3, 0.4) is 0 Å². The van der Waals surface area contributed by atoms with Crippen LogP contribution in [-0.2, 0) is 19.1 Å². The van der Waals surface area contributed by atoms with Gasteiger partial charge in [-0.25, -0.2) is 0 Å². The highest BCUT2D eigenvalue weighted by Gasteiger charge is 2.46. The van der Waals surface area contributed by atoms with Crippen molar-refractivity contribution in [1.29, 1.82) is 0 Å². The summed E-state index contributed by atoms with van der Waals surface area (Å²) in [6, 6.07) is 0.397. The number of hydrogen-bond donors (Lipinski definition) is 2. The van der Waals surface area contributed by atoms with Crippen LogP contribution in [0.5, 0.6) is 0 Å². The molecule has 0 aromatic carbocycles. The zero-order valence-electron chi connectivity index (χ0n) is 15.0. The minimum absolute atomic E-state index is 0. The first-order valence-corrected chi connectivity index (χ1v) is 8.02. The first-order valence-electron chi connectivity index (χ1n) is 8.02. The Balaban J connectivity index is 0. The van der Waals surface area contributed by atoms with Crippen molar-refractivity contribution < 1.29 is 19.1 Å². The largest absolute Gasteiger partial charge is 0.466 e. The fraction of sp³-hybridized carbons (Fsp3) is 0.875. The minimum Gasteiger partial charge on any atom is -0.466 e. The van der Waals surface area contributed by atoms with Crippen LogP contribution in [0.25, 0.3) is 0 Å². The van der Waals surface area contributed by atoms with Gasteiger partial charge in [0.2, 0.25) is 0 Å². The Kier molecular flexibility index (Phi) is 11.2. The summed E-state index contributed by atoms with van der Waals surface area (Å²) >= 11 is 0. The van der Waals surface area contributed by atoms with Gasteiger partial charge in [0.05, 0.1) is 24.0 Å². The molecule has 0 saturated heterocycles. The van der Waals surface area contributed by atoms with Crippen molar-refractivity contribution in [2.45, 2.75) is 65.5 Å². The molecule has 2 saturated carbocycles. The monoisotopic (exact) mass is 386 g/mol. The van der Waals surface area contributed by atoms with E-state index in [1.54, 1.807) is 0 Å². The molecule has 0 atom stereocenters. The molecule has 8 heteroatoms. The molecule has 6 nitrogen and oxygen atoms in total. The predicted molar refractivity (Wildman–Crippen MR) is 98.4 cm³/mol. The number of halogens is 2. The third kappa shape index (κ3) is 6.39. The van der Waals surface area contributed by atoms with E-state index >= 15 is 0 Å². The van der Waals surface area contributed by atoms with Gasteiger partial charge in [-0.2, -0.15) is 0 Å². The van der Waals surface area contributed by atoms with E-state index in [-0.39, 0.29) is 59.7 Å². The second-order valence-corrected chi connectivity index (χ2v) is 6.90. The average molecular weight is 387 g/mol. The lowest BCUT2D eigenvalue weighted by atomic mass is 9.67. The maximum absolute atomic E-state index is 11.2. The Bertz CT molecular complexity index is 371. The number of carbonyl (C=O) groups is 2. The van der Waals surface area contributed by atoms with E-state index in [0.717, 1.165) is 25.7 Å². The number of rotatable bonds is 4. The number of hydrogen-bond acceptors (Lipinski definition) is 6. The number of ether oxygens (including phenoxy) is 2. The molecule has 0 radical (unpaired) electrons. The lowest BCUT2D eigenvalue weighted by Crippen LogP contribution is -2.49. The summed E-state index contributed by atoms with van der Waals surface area (Å²) in [4.78, 5) is 22.4. The van der Waals surface area contributed by atoms with Gasteiger partial charge in [-0.15, -0.1) is 24.8 Å². The summed E-state index contributed by atoms with van der Waals surface area (Å²) in [5.74, 6) is -0.191. The Hall–Kier alpha value is -0.560. The fourth-order valence-corrected chi connectivity index (χ4v) is 3.14. The van der Waals surface area contributed by atoms with Gasteiger partial charge in [0, 0.05) is 12.1 Å². The molecule has 4 N–H and O–H groups in total. The number of esters is 2. The molecule has 2 rings (SSSR count). The molecule has 0 spiro atoms. The molecule has 0 aromatic heterocycles. The summed E-state index contributed by atoms with van der Waals surface area (Å²) in [6.07, 6.45) is 3.08. The maximum atomic E-state index is 11.2. The maximum Gasteiger partial charge on any atom is 0.311 e. The van der Waals surface area contributed by atoms with Gasteiger partial charge in [0.1, 0.15) is 0 Å². The van der Waals surface area contributed by atoms with Crippen LogP contribution in [0, 0.1) is 10.8 Å². The number of carbonyl (C=O) groups excluding carboxylic acids is 2. The standard InChI is InChI=1S/2C8H15NO2.2ClH/c2*1-3-11-7(10)8(2)4-6(9)5-8;;/h2*6H,3-5,9H2,1-2H3;2*1H. The second kappa shape index (κ2) is 10.4. The van der Waals surface area contributed by atoms with Crippen molar-refractivity contribution in [3.8, 4) is 0 Å². The fourth-order valence-electron chi connectivity index (χ4n) is 3.14. The van der Waals surface area contributed by atoms with Gasteiger partial charge < -0.3 is 20.9 Å². The van der Waals surface area contributed by atoms with Crippen molar-refractivity contribution in [3.63, 3.8) is 0 Å². The molecule has 0 unspecified atom stereocenters. The van der Waals surface area contributed by atoms with Crippen molar-refractivity contribution in [2.75, 3.05) is 13.2 Å². The molecule has 144 valence electrons. The van der Waals surface area contributed by atoms with Crippen molar-refractivity contribution >= 4 is 36.8 Å². The molecule has 0 amide bonds. The molecule has 2 aliphatic carbocycles. The highest BCUT2D eigenvalue weighted by atomic mass is 35.5. The minimum atomic E-state index is -0.282. The normalized spacial score (nSPS) is 33.1. The van der Waals surface area contributed by atoms with E-state index in [1.165, 1.54) is 0 Å². The van der Waals surface area contributed by atoms with Gasteiger partial charge in [-0.3, -0.25) is 9.59 Å². The Labute approximate surface area is 157 Å². The van der Waals surface area contributed by atoms with Crippen LogP contribution in [0.4, 0.5) is 0 Å². The molecule has 2 fully saturated rings. The molecule has 2 aliphatic rings. The van der Waals surface area contributed by atoms with Crippen LogP contribution in [0.2, 0.25) is 0 Å². The van der Waals surface area contributed by atoms with E-state index < -0.39 is 0 Å². The highest BCUT2D eigenvalue weighted by molar-refractivity contribution is 5.85. The second-order valence-electron chi connectivity index (χ2n) is 6.90. The van der Waals surface area contributed by atoms with Crippen molar-refractivity contribution in [2.24, 2.45) is 22.3 Å². The SMILES string of the molecule is CCOC(=O)C1(C)CC(N)C1.CCOC(=O)C1(C)CC(N)C1.Cl.Cl. The summed E-state index contributed by atoms with van der Waals surface area (Å²) in [7, 11) is 0. The van der Waals surface area contributed by atoms with Crippen molar-refractivity contribution in [1.82, 2.24) is 0 Å². The lowest BCUT2D eigenvalue weighted by Gasteiger charge is -2.40. The zero-order valence-corrected chi connectivity index (χ0v) is 16.6. The van der Waals surface area contributed by atoms with E-state index in [9.17, 15) is 9.59 Å². The average Bonchev–Trinajstić information content (AvgIpc) is 2.36. The first-order chi connectivity index (χ1) is 10.2. The molecular formula is C16H32Cl2N2O4. The molecule has 0 aromatic rings. The molecule has 0 bridgehead atoms. The topological polar surface area (TPSA) is 105 Å². The van der Waals surface area contributed by atoms with Crippen LogP contribution in [0.1, 0.15) is 53.4 Å². The third-order valence-electron chi connectivity index (χ3n) is 4.39. The summed E-state index contributed by atoms with van der Waals surface area (Å²) in [5.41, 5.74) is 10.6. The molecule has 0 aliphatic heterocycles. The molecule has 0 heterocycles. The highest BCUT2D eigenvalue weighted by Crippen LogP contribution is 2.41. The van der Waals surface area contributed by atoms with Crippen LogP contribution >= 0.6 is 24.8 Å². The van der Waals surface area contributed by atoms with Crippen LogP contribution in [-0.4, -0.2) is 37.2 Å². The van der Waals surface area contributed by atoms with E-state index in [0.29, 0.717) is 13.2 Å². The zero-order chi connectivity index (χ0) is 17.0. The number of nitrogens with two attached hydrogens (primary N) is 2. The van der Waals surface area contributed by atoms with E-state index in [4.69, 9.17) is 20.9 Å². The van der Waals surface area contributed by atoms with E-state index in [1.807, 2.05) is 27.7 Å². The van der Waals surface area contributed by atoms with Gasteiger partial charge in [-0.1, -0.05) is 0 Å². The van der Waals surface area contributed by atoms with Gasteiger partial charge in [0.25, 0.3) is 0 Å². The lowest BCUT2D eigenvalue weighted by molar-refractivity contribution is -0.161. The summed E-state index contributed by atoms with van der Waals surface area (Å²) < 4.78 is 9.81. The summed E-state index contributed by atoms with van der Waals surface area (Å²) in [5, 5.41) is 0. The smallest absolute Gasteiger partial charge is 0.311 e. The van der Waals surface area contributed by atoms with Crippen molar-refractivity contribution in [3.05, 3.63) is 0 Å². The molecule has 24 heavy (non-hydrogen) atoms. The molecular weight excluding hydrogens is 355 g/mol. The Morgan fingerprint density at radius 3 is 1.25 bits per heavy atom. The van der Waals surface area contributed by atoms with Gasteiger partial charge >= 0.3 is 11.9 Å². The van der Waals surface area contributed by atoms with E-state index in [2.05, 4.69) is 0 Å². The third-order valence-corrected chi connectivity index (χ3v) is 4.39. The quantitative estimate of drug-likeness (QED) is 0.717. The Morgan fingerprint density at radius 2 is 1.08 bits per heavy atom. The first kappa shape index (κ1) is 25.7. The van der Waals surface area contributed by atoms with Gasteiger partial charge in [0.15, 0.2) is 0 Å². The Morgan fingerprint density at radius 1 is 0.833 bits per heavy atom.